The van der Waals surface area contributed by atoms with Gasteiger partial charge in [-0.05, 0) is 30.7 Å². The predicted octanol–water partition coefficient (Wildman–Crippen LogP) is 2.53. The Balaban J connectivity index is 1.43. The molecule has 1 aromatic heterocycles. The van der Waals surface area contributed by atoms with Gasteiger partial charge in [0.05, 0.1) is 4.92 Å². The normalized spacial score (nSPS) is 10.4. The molecule has 0 aliphatic rings. The average molecular weight is 460 g/mol. The minimum atomic E-state index is -0.642. The molecule has 1 heterocycles. The number of ether oxygens (including phenoxy) is 1. The van der Waals surface area contributed by atoms with E-state index in [2.05, 4.69) is 20.8 Å². The summed E-state index contributed by atoms with van der Waals surface area (Å²) in [5, 5.41) is 20.2. The smallest absolute Gasteiger partial charge is 0.316 e. The molecule has 0 fully saturated rings. The second-order valence-corrected chi connectivity index (χ2v) is 6.97. The van der Waals surface area contributed by atoms with E-state index < -0.39 is 10.8 Å². The Bertz CT molecular complexity index is 1150. The lowest BCUT2D eigenvalue weighted by atomic mass is 10.2. The van der Waals surface area contributed by atoms with Crippen LogP contribution in [-0.2, 0) is 4.79 Å². The third-order valence-electron chi connectivity index (χ3n) is 4.16. The molecule has 12 heteroatoms. The van der Waals surface area contributed by atoms with Crippen LogP contribution < -0.4 is 15.4 Å². The van der Waals surface area contributed by atoms with Gasteiger partial charge in [0.2, 0.25) is 5.82 Å². The number of rotatable bonds is 9. The lowest BCUT2D eigenvalue weighted by molar-refractivity contribution is -0.384. The van der Waals surface area contributed by atoms with Crippen molar-refractivity contribution >= 4 is 29.1 Å². The molecule has 0 saturated heterocycles. The summed E-state index contributed by atoms with van der Waals surface area (Å²) >= 11 is 5.88. The number of amides is 2. The Morgan fingerprint density at radius 3 is 2.72 bits per heavy atom. The third kappa shape index (κ3) is 6.01. The number of carbonyl (C=O) groups excluding carboxylic acids is 2. The van der Waals surface area contributed by atoms with Crippen LogP contribution in [0.4, 0.5) is 5.69 Å². The van der Waals surface area contributed by atoms with Crippen molar-refractivity contribution in [3.8, 4) is 17.1 Å². The number of aryl methyl sites for hydroxylation is 1. The van der Waals surface area contributed by atoms with Crippen LogP contribution in [0.2, 0.25) is 5.02 Å². The summed E-state index contributed by atoms with van der Waals surface area (Å²) in [7, 11) is 0. The Kier molecular flexibility index (Phi) is 7.34. The van der Waals surface area contributed by atoms with E-state index in [1.807, 2.05) is 6.92 Å². The first-order valence-electron chi connectivity index (χ1n) is 9.36. The number of nitrogens with zero attached hydrogens (tertiary/aromatic N) is 3. The van der Waals surface area contributed by atoms with Crippen LogP contribution >= 0.6 is 11.6 Å². The fraction of sp³-hybridized carbons (Fsp3) is 0.200. The maximum Gasteiger partial charge on any atom is 0.316 e. The van der Waals surface area contributed by atoms with Crippen LogP contribution in [0.3, 0.4) is 0 Å². The van der Waals surface area contributed by atoms with E-state index in [0.29, 0.717) is 16.3 Å². The van der Waals surface area contributed by atoms with Gasteiger partial charge in [-0.3, -0.25) is 19.7 Å². The number of halogens is 1. The number of nitro benzene ring substituents is 1. The number of nitro groups is 1. The van der Waals surface area contributed by atoms with E-state index in [4.69, 9.17) is 20.9 Å². The molecular formula is C20H18ClN5O6. The molecule has 2 aromatic carbocycles. The molecule has 0 atom stereocenters. The van der Waals surface area contributed by atoms with Crippen LogP contribution in [0.1, 0.15) is 16.2 Å². The van der Waals surface area contributed by atoms with Crippen LogP contribution in [0.25, 0.3) is 11.4 Å². The number of carbonyl (C=O) groups is 2. The molecule has 0 radical (unpaired) electrons. The highest BCUT2D eigenvalue weighted by molar-refractivity contribution is 6.30. The van der Waals surface area contributed by atoms with Crippen molar-refractivity contribution in [2.75, 3.05) is 19.7 Å². The van der Waals surface area contributed by atoms with Gasteiger partial charge < -0.3 is 19.9 Å². The maximum absolute atomic E-state index is 12.1. The first-order valence-corrected chi connectivity index (χ1v) is 9.73. The summed E-state index contributed by atoms with van der Waals surface area (Å²) in [5.41, 5.74) is 1.01. The number of nitrogens with one attached hydrogen (secondary N) is 2. The van der Waals surface area contributed by atoms with Crippen LogP contribution in [-0.4, -0.2) is 46.6 Å². The number of aromatic nitrogens is 2. The number of hydrogen-bond donors (Lipinski definition) is 2. The summed E-state index contributed by atoms with van der Waals surface area (Å²) in [6.45, 7) is 1.89. The van der Waals surface area contributed by atoms with Gasteiger partial charge in [-0.2, -0.15) is 4.98 Å². The van der Waals surface area contributed by atoms with Crippen molar-refractivity contribution in [3.05, 3.63) is 69.1 Å². The second kappa shape index (κ2) is 10.4. The van der Waals surface area contributed by atoms with E-state index in [1.165, 1.54) is 18.2 Å². The fourth-order valence-corrected chi connectivity index (χ4v) is 2.84. The molecule has 0 bridgehead atoms. The Morgan fingerprint density at radius 1 is 1.19 bits per heavy atom. The van der Waals surface area contributed by atoms with Gasteiger partial charge in [-0.1, -0.05) is 28.9 Å². The van der Waals surface area contributed by atoms with Crippen molar-refractivity contribution in [1.29, 1.82) is 0 Å². The average Bonchev–Trinajstić information content (AvgIpc) is 3.26. The first kappa shape index (κ1) is 22.7. The minimum absolute atomic E-state index is 0.0433. The quantitative estimate of drug-likeness (QED) is 0.281. The number of hydrogen-bond acceptors (Lipinski definition) is 8. The van der Waals surface area contributed by atoms with E-state index in [0.717, 1.165) is 5.56 Å². The zero-order chi connectivity index (χ0) is 23.1. The van der Waals surface area contributed by atoms with Gasteiger partial charge in [0.25, 0.3) is 11.6 Å². The molecule has 0 aliphatic heterocycles. The molecule has 0 aliphatic carbocycles. The molecular weight excluding hydrogens is 442 g/mol. The zero-order valence-corrected chi connectivity index (χ0v) is 17.6. The lowest BCUT2D eigenvalue weighted by Crippen LogP contribution is -2.36. The molecule has 2 amide bonds. The standard InChI is InChI=1S/C20H18ClN5O6/c1-12-9-14(21)5-6-16(12)31-11-17(27)22-7-8-23-19(28)20-24-18(25-32-20)13-3-2-4-15(10-13)26(29)30/h2-6,9-10H,7-8,11H2,1H3,(H,22,27)(H,23,28). The largest absolute Gasteiger partial charge is 0.484 e. The molecule has 0 saturated carbocycles. The summed E-state index contributed by atoms with van der Waals surface area (Å²) in [6.07, 6.45) is 0. The van der Waals surface area contributed by atoms with Crippen molar-refractivity contribution in [2.24, 2.45) is 0 Å². The van der Waals surface area contributed by atoms with Gasteiger partial charge in [0.1, 0.15) is 5.75 Å². The van der Waals surface area contributed by atoms with E-state index in [9.17, 15) is 19.7 Å². The molecule has 11 nitrogen and oxygen atoms in total. The van der Waals surface area contributed by atoms with E-state index >= 15 is 0 Å². The van der Waals surface area contributed by atoms with Crippen molar-refractivity contribution in [1.82, 2.24) is 20.8 Å². The first-order chi connectivity index (χ1) is 15.3. The molecule has 3 rings (SSSR count). The number of non-ortho nitro benzene ring substituents is 1. The highest BCUT2D eigenvalue weighted by atomic mass is 35.5. The minimum Gasteiger partial charge on any atom is -0.484 e. The van der Waals surface area contributed by atoms with Gasteiger partial charge >= 0.3 is 11.8 Å². The molecule has 0 unspecified atom stereocenters. The van der Waals surface area contributed by atoms with Gasteiger partial charge in [0, 0.05) is 35.8 Å². The van der Waals surface area contributed by atoms with E-state index in [1.54, 1.807) is 24.3 Å². The van der Waals surface area contributed by atoms with Gasteiger partial charge in [-0.25, -0.2) is 0 Å². The summed E-state index contributed by atoms with van der Waals surface area (Å²) in [4.78, 5) is 38.3. The van der Waals surface area contributed by atoms with Crippen molar-refractivity contribution in [3.63, 3.8) is 0 Å². The molecule has 3 aromatic rings. The third-order valence-corrected chi connectivity index (χ3v) is 4.40. The van der Waals surface area contributed by atoms with Crippen LogP contribution in [0, 0.1) is 17.0 Å². The summed E-state index contributed by atoms with van der Waals surface area (Å²) < 4.78 is 10.3. The molecule has 32 heavy (non-hydrogen) atoms. The SMILES string of the molecule is Cc1cc(Cl)ccc1OCC(=O)NCCNC(=O)c1nc(-c2cccc([N+](=O)[O-])c2)no1. The van der Waals surface area contributed by atoms with E-state index in [-0.39, 0.29) is 43.0 Å². The summed E-state index contributed by atoms with van der Waals surface area (Å²) in [5.74, 6) is -0.717. The lowest BCUT2D eigenvalue weighted by Gasteiger charge is -2.10. The van der Waals surface area contributed by atoms with Crippen LogP contribution in [0.5, 0.6) is 5.75 Å². The van der Waals surface area contributed by atoms with Gasteiger partial charge in [-0.15, -0.1) is 0 Å². The maximum atomic E-state index is 12.1. The second-order valence-electron chi connectivity index (χ2n) is 6.53. The highest BCUT2D eigenvalue weighted by Gasteiger charge is 2.17. The monoisotopic (exact) mass is 459 g/mol. The van der Waals surface area contributed by atoms with Crippen LogP contribution in [0.15, 0.2) is 47.0 Å². The Morgan fingerprint density at radius 2 is 1.97 bits per heavy atom. The Hall–Kier alpha value is -3.99. The fourth-order valence-electron chi connectivity index (χ4n) is 2.61. The zero-order valence-electron chi connectivity index (χ0n) is 16.8. The van der Waals surface area contributed by atoms with Gasteiger partial charge in [0.15, 0.2) is 6.61 Å². The van der Waals surface area contributed by atoms with Crippen molar-refractivity contribution in [2.45, 2.75) is 6.92 Å². The molecule has 0 spiro atoms. The van der Waals surface area contributed by atoms with Crippen molar-refractivity contribution < 1.29 is 23.8 Å². The molecule has 2 N–H and O–H groups in total. The molecule has 166 valence electrons. The number of benzene rings is 2. The highest BCUT2D eigenvalue weighted by Crippen LogP contribution is 2.22. The topological polar surface area (TPSA) is 149 Å². The Labute approximate surface area is 186 Å². The predicted molar refractivity (Wildman–Crippen MR) is 113 cm³/mol. The summed E-state index contributed by atoms with van der Waals surface area (Å²) in [6, 6.07) is 10.7.